The first-order chi connectivity index (χ1) is 9.23. The number of anilines is 1. The number of hydrogen-bond acceptors (Lipinski definition) is 2. The van der Waals surface area contributed by atoms with Crippen LogP contribution in [-0.4, -0.2) is 24.9 Å². The smallest absolute Gasteiger partial charge is 0.249 e. The van der Waals surface area contributed by atoms with Crippen LogP contribution in [0.3, 0.4) is 0 Å². The monoisotopic (exact) mass is 276 g/mol. The van der Waals surface area contributed by atoms with Crippen LogP contribution in [0.5, 0.6) is 0 Å². The molecular weight excluding hydrogens is 252 g/mol. The van der Waals surface area contributed by atoms with Gasteiger partial charge in [0.2, 0.25) is 11.8 Å². The third-order valence-electron chi connectivity index (χ3n) is 3.34. The van der Waals surface area contributed by atoms with Gasteiger partial charge in [0, 0.05) is 19.7 Å². The van der Waals surface area contributed by atoms with Crippen LogP contribution in [0.15, 0.2) is 18.2 Å². The first kappa shape index (κ1) is 16.2. The normalized spacial score (nSPS) is 12.2. The average molecular weight is 276 g/mol. The molecule has 110 valence electrons. The molecule has 1 aromatic rings. The maximum absolute atomic E-state index is 12.6. The molecular formula is C16H24N2O2. The van der Waals surface area contributed by atoms with Crippen LogP contribution in [0.4, 0.5) is 5.69 Å². The van der Waals surface area contributed by atoms with E-state index in [0.29, 0.717) is 0 Å². The standard InChI is InChI=1S/C16H24N2O2/c1-10(2)15(17-13(5)19)16(20)18(6)14-8-7-11(3)9-12(14)4/h7-10,15H,1-6H3,(H,17,19). The van der Waals surface area contributed by atoms with Crippen LogP contribution >= 0.6 is 0 Å². The van der Waals surface area contributed by atoms with Crippen molar-refractivity contribution in [3.8, 4) is 0 Å². The van der Waals surface area contributed by atoms with Crippen LogP contribution in [0.1, 0.15) is 31.9 Å². The Kier molecular flexibility index (Phi) is 5.31. The molecule has 1 atom stereocenters. The van der Waals surface area contributed by atoms with Gasteiger partial charge in [0.1, 0.15) is 6.04 Å². The summed E-state index contributed by atoms with van der Waals surface area (Å²) >= 11 is 0. The molecule has 1 N–H and O–H groups in total. The lowest BCUT2D eigenvalue weighted by Gasteiger charge is -2.27. The molecule has 4 nitrogen and oxygen atoms in total. The summed E-state index contributed by atoms with van der Waals surface area (Å²) in [6, 6.07) is 5.46. The van der Waals surface area contributed by atoms with Crippen molar-refractivity contribution in [2.75, 3.05) is 11.9 Å². The van der Waals surface area contributed by atoms with Crippen LogP contribution in [0.25, 0.3) is 0 Å². The highest BCUT2D eigenvalue weighted by Crippen LogP contribution is 2.21. The minimum atomic E-state index is -0.502. The van der Waals surface area contributed by atoms with Crippen LogP contribution < -0.4 is 10.2 Å². The molecule has 1 rings (SSSR count). The van der Waals surface area contributed by atoms with E-state index in [1.54, 1.807) is 11.9 Å². The van der Waals surface area contributed by atoms with Crippen LogP contribution in [-0.2, 0) is 9.59 Å². The quantitative estimate of drug-likeness (QED) is 0.918. The Labute approximate surface area is 121 Å². The van der Waals surface area contributed by atoms with E-state index in [1.807, 2.05) is 45.9 Å². The van der Waals surface area contributed by atoms with Crippen molar-refractivity contribution in [3.63, 3.8) is 0 Å². The highest BCUT2D eigenvalue weighted by atomic mass is 16.2. The van der Waals surface area contributed by atoms with Crippen molar-refractivity contribution in [2.45, 2.75) is 40.7 Å². The molecule has 20 heavy (non-hydrogen) atoms. The predicted molar refractivity (Wildman–Crippen MR) is 81.8 cm³/mol. The summed E-state index contributed by atoms with van der Waals surface area (Å²) in [4.78, 5) is 25.4. The number of likely N-dealkylation sites (N-methyl/N-ethyl adjacent to an activating group) is 1. The molecule has 0 radical (unpaired) electrons. The second kappa shape index (κ2) is 6.55. The fourth-order valence-corrected chi connectivity index (χ4v) is 2.24. The minimum absolute atomic E-state index is 0.0413. The lowest BCUT2D eigenvalue weighted by atomic mass is 10.0. The van der Waals surface area contributed by atoms with E-state index in [-0.39, 0.29) is 17.7 Å². The number of hydrogen-bond donors (Lipinski definition) is 1. The molecule has 0 spiro atoms. The van der Waals surface area contributed by atoms with Crippen LogP contribution in [0.2, 0.25) is 0 Å². The number of nitrogens with one attached hydrogen (secondary N) is 1. The summed E-state index contributed by atoms with van der Waals surface area (Å²) in [5, 5.41) is 2.73. The molecule has 0 fully saturated rings. The molecule has 4 heteroatoms. The second-order valence-electron chi connectivity index (χ2n) is 5.61. The Balaban J connectivity index is 3.01. The summed E-state index contributed by atoms with van der Waals surface area (Å²) in [7, 11) is 1.75. The number of amides is 2. The maximum atomic E-state index is 12.6. The lowest BCUT2D eigenvalue weighted by Crippen LogP contribution is -2.49. The van der Waals surface area contributed by atoms with E-state index in [4.69, 9.17) is 0 Å². The van der Waals surface area contributed by atoms with E-state index in [2.05, 4.69) is 5.32 Å². The van der Waals surface area contributed by atoms with Gasteiger partial charge in [-0.25, -0.2) is 0 Å². The van der Waals surface area contributed by atoms with E-state index in [0.717, 1.165) is 16.8 Å². The third-order valence-corrected chi connectivity index (χ3v) is 3.34. The Hall–Kier alpha value is -1.84. The Morgan fingerprint density at radius 2 is 1.80 bits per heavy atom. The number of nitrogens with zero attached hydrogens (tertiary/aromatic N) is 1. The van der Waals surface area contributed by atoms with E-state index < -0.39 is 6.04 Å². The molecule has 0 saturated carbocycles. The van der Waals surface area contributed by atoms with Gasteiger partial charge in [0.05, 0.1) is 0 Å². The van der Waals surface area contributed by atoms with Gasteiger partial charge < -0.3 is 10.2 Å². The molecule has 0 aliphatic rings. The van der Waals surface area contributed by atoms with E-state index >= 15 is 0 Å². The van der Waals surface area contributed by atoms with Gasteiger partial charge in [0.25, 0.3) is 0 Å². The first-order valence-electron chi connectivity index (χ1n) is 6.86. The minimum Gasteiger partial charge on any atom is -0.344 e. The fraction of sp³-hybridized carbons (Fsp3) is 0.500. The van der Waals surface area contributed by atoms with Crippen molar-refractivity contribution in [1.82, 2.24) is 5.32 Å². The van der Waals surface area contributed by atoms with Gasteiger partial charge in [-0.3, -0.25) is 9.59 Å². The number of benzene rings is 1. The second-order valence-corrected chi connectivity index (χ2v) is 5.61. The molecule has 0 aromatic heterocycles. The zero-order chi connectivity index (χ0) is 15.4. The van der Waals surface area contributed by atoms with Crippen molar-refractivity contribution in [1.29, 1.82) is 0 Å². The number of rotatable bonds is 4. The summed E-state index contributed by atoms with van der Waals surface area (Å²) in [6.07, 6.45) is 0. The summed E-state index contributed by atoms with van der Waals surface area (Å²) in [6.45, 7) is 9.28. The maximum Gasteiger partial charge on any atom is 0.249 e. The average Bonchev–Trinajstić information content (AvgIpc) is 2.34. The van der Waals surface area contributed by atoms with Gasteiger partial charge in [-0.1, -0.05) is 31.5 Å². The predicted octanol–water partition coefficient (Wildman–Crippen LogP) is 2.43. The zero-order valence-electron chi connectivity index (χ0n) is 13.2. The highest BCUT2D eigenvalue weighted by Gasteiger charge is 2.27. The number of carbonyl (C=O) groups is 2. The third kappa shape index (κ3) is 3.83. The van der Waals surface area contributed by atoms with E-state index in [1.165, 1.54) is 6.92 Å². The van der Waals surface area contributed by atoms with Crippen molar-refractivity contribution < 1.29 is 9.59 Å². The van der Waals surface area contributed by atoms with Gasteiger partial charge in [-0.05, 0) is 31.4 Å². The summed E-state index contributed by atoms with van der Waals surface area (Å²) in [5.41, 5.74) is 3.08. The molecule has 0 saturated heterocycles. The Morgan fingerprint density at radius 1 is 1.20 bits per heavy atom. The van der Waals surface area contributed by atoms with E-state index in [9.17, 15) is 9.59 Å². The SMILES string of the molecule is CC(=O)NC(C(=O)N(C)c1ccc(C)cc1C)C(C)C. The molecule has 2 amide bonds. The van der Waals surface area contributed by atoms with Gasteiger partial charge in [-0.15, -0.1) is 0 Å². The molecule has 0 aliphatic carbocycles. The van der Waals surface area contributed by atoms with Crippen molar-refractivity contribution >= 4 is 17.5 Å². The molecule has 1 unspecified atom stereocenters. The highest BCUT2D eigenvalue weighted by molar-refractivity contribution is 5.99. The Bertz CT molecular complexity index is 509. The first-order valence-corrected chi connectivity index (χ1v) is 6.86. The van der Waals surface area contributed by atoms with Gasteiger partial charge in [-0.2, -0.15) is 0 Å². The molecule has 0 bridgehead atoms. The lowest BCUT2D eigenvalue weighted by molar-refractivity contribution is -0.127. The van der Waals surface area contributed by atoms with Crippen molar-refractivity contribution in [3.05, 3.63) is 29.3 Å². The summed E-state index contributed by atoms with van der Waals surface area (Å²) in [5.74, 6) is -0.243. The summed E-state index contributed by atoms with van der Waals surface area (Å²) < 4.78 is 0. The van der Waals surface area contributed by atoms with Gasteiger partial charge in [0.15, 0.2) is 0 Å². The van der Waals surface area contributed by atoms with Gasteiger partial charge >= 0.3 is 0 Å². The largest absolute Gasteiger partial charge is 0.344 e. The Morgan fingerprint density at radius 3 is 2.25 bits per heavy atom. The molecule has 1 aromatic carbocycles. The molecule has 0 aliphatic heterocycles. The number of aryl methyl sites for hydroxylation is 2. The van der Waals surface area contributed by atoms with Crippen LogP contribution in [0, 0.1) is 19.8 Å². The topological polar surface area (TPSA) is 49.4 Å². The van der Waals surface area contributed by atoms with Crippen molar-refractivity contribution in [2.24, 2.45) is 5.92 Å². The fourth-order valence-electron chi connectivity index (χ4n) is 2.24. The molecule has 0 heterocycles. The number of carbonyl (C=O) groups excluding carboxylic acids is 2. The zero-order valence-corrected chi connectivity index (χ0v) is 13.2.